The van der Waals surface area contributed by atoms with Crippen LogP contribution in [0.4, 0.5) is 0 Å². The number of hydrogen-bond donors (Lipinski definition) is 0. The summed E-state index contributed by atoms with van der Waals surface area (Å²) in [6, 6.07) is 5.64. The SMILES string of the molecule is CCc1cnccc2c1c(C(=O)OC)cc1ccnc12. The van der Waals surface area contributed by atoms with Gasteiger partial charge in [0.25, 0.3) is 0 Å². The molecule has 0 amide bonds. The van der Waals surface area contributed by atoms with Crippen molar-refractivity contribution in [3.63, 3.8) is 0 Å². The summed E-state index contributed by atoms with van der Waals surface area (Å²) >= 11 is 0. The Kier molecular flexibility index (Phi) is 3.06. The van der Waals surface area contributed by atoms with Crippen molar-refractivity contribution in [1.29, 1.82) is 0 Å². The predicted molar refractivity (Wildman–Crippen MR) is 77.8 cm³/mol. The van der Waals surface area contributed by atoms with Gasteiger partial charge in [0.2, 0.25) is 0 Å². The topological polar surface area (TPSA) is 52.1 Å². The Hall–Kier alpha value is -2.49. The molecule has 2 aromatic heterocycles. The van der Waals surface area contributed by atoms with Crippen LogP contribution < -0.4 is 0 Å². The van der Waals surface area contributed by atoms with Gasteiger partial charge in [0.05, 0.1) is 18.2 Å². The molecule has 0 saturated heterocycles. The number of carbonyl (C=O) groups excluding carboxylic acids is 1. The van der Waals surface area contributed by atoms with Crippen LogP contribution in [0.1, 0.15) is 22.8 Å². The standard InChI is InChI=1S/C16H14N2O2/c1-3-10-9-17-6-5-12-14(10)13(16(19)20-2)8-11-4-7-18-15(11)12/h4-9H,3H2,1-2H3. The Morgan fingerprint density at radius 2 is 2.15 bits per heavy atom. The molecule has 1 aromatic carbocycles. The van der Waals surface area contributed by atoms with Crippen LogP contribution in [-0.2, 0) is 11.2 Å². The van der Waals surface area contributed by atoms with Crippen LogP contribution in [0.15, 0.2) is 36.8 Å². The van der Waals surface area contributed by atoms with Crippen LogP contribution in [0.25, 0.3) is 21.7 Å². The highest BCUT2D eigenvalue weighted by molar-refractivity contribution is 6.15. The van der Waals surface area contributed by atoms with E-state index in [4.69, 9.17) is 4.74 Å². The van der Waals surface area contributed by atoms with E-state index in [2.05, 4.69) is 9.97 Å². The van der Waals surface area contributed by atoms with E-state index in [0.29, 0.717) is 5.56 Å². The first-order valence-corrected chi connectivity index (χ1v) is 6.49. The molecule has 0 radical (unpaired) electrons. The van der Waals surface area contributed by atoms with Gasteiger partial charge >= 0.3 is 5.97 Å². The molecule has 2 heterocycles. The lowest BCUT2D eigenvalue weighted by molar-refractivity contribution is 0.0603. The Bertz CT molecular complexity index is 812. The number of nitrogens with zero attached hydrogens (tertiary/aromatic N) is 2. The second kappa shape index (κ2) is 4.89. The number of benzene rings is 1. The normalized spacial score (nSPS) is 10.9. The van der Waals surface area contributed by atoms with Gasteiger partial charge in [-0.25, -0.2) is 4.79 Å². The van der Waals surface area contributed by atoms with E-state index in [-0.39, 0.29) is 5.97 Å². The van der Waals surface area contributed by atoms with Crippen molar-refractivity contribution < 1.29 is 9.53 Å². The van der Waals surface area contributed by atoms with E-state index in [1.54, 1.807) is 18.6 Å². The molecule has 0 saturated carbocycles. The molecule has 100 valence electrons. The molecule has 0 unspecified atom stereocenters. The molecule has 0 aliphatic rings. The summed E-state index contributed by atoms with van der Waals surface area (Å²) in [7, 11) is 1.40. The lowest BCUT2D eigenvalue weighted by atomic mass is 9.99. The van der Waals surface area contributed by atoms with E-state index in [1.807, 2.05) is 25.1 Å². The van der Waals surface area contributed by atoms with E-state index in [1.165, 1.54) is 7.11 Å². The smallest absolute Gasteiger partial charge is 0.338 e. The predicted octanol–water partition coefficient (Wildman–Crippen LogP) is 3.13. The van der Waals surface area contributed by atoms with Gasteiger partial charge in [0.15, 0.2) is 0 Å². The molecule has 20 heavy (non-hydrogen) atoms. The summed E-state index contributed by atoms with van der Waals surface area (Å²) in [5.74, 6) is -0.334. The fraction of sp³-hybridized carbons (Fsp3) is 0.188. The van der Waals surface area contributed by atoms with Gasteiger partial charge in [0, 0.05) is 34.7 Å². The molecular weight excluding hydrogens is 252 g/mol. The van der Waals surface area contributed by atoms with Crippen LogP contribution in [0, 0.1) is 0 Å². The number of ether oxygens (including phenoxy) is 1. The number of hydrogen-bond acceptors (Lipinski definition) is 4. The van der Waals surface area contributed by atoms with Gasteiger partial charge in [-0.2, -0.15) is 0 Å². The molecule has 4 heteroatoms. The maximum atomic E-state index is 12.1. The molecule has 0 N–H and O–H groups in total. The number of esters is 1. The lowest BCUT2D eigenvalue weighted by Crippen LogP contribution is -2.03. The van der Waals surface area contributed by atoms with Crippen molar-refractivity contribution in [3.8, 4) is 0 Å². The zero-order valence-electron chi connectivity index (χ0n) is 11.4. The number of methoxy groups -OCH3 is 1. The largest absolute Gasteiger partial charge is 0.465 e. The summed E-state index contributed by atoms with van der Waals surface area (Å²) in [6.45, 7) is 2.04. The van der Waals surface area contributed by atoms with Gasteiger partial charge in [-0.1, -0.05) is 6.92 Å². The van der Waals surface area contributed by atoms with Crippen LogP contribution in [-0.4, -0.2) is 23.0 Å². The molecule has 0 aliphatic carbocycles. The third kappa shape index (κ3) is 1.81. The maximum absolute atomic E-state index is 12.1. The second-order valence-electron chi connectivity index (χ2n) is 4.56. The van der Waals surface area contributed by atoms with Crippen LogP contribution >= 0.6 is 0 Å². The van der Waals surface area contributed by atoms with Crippen molar-refractivity contribution >= 4 is 27.6 Å². The minimum Gasteiger partial charge on any atom is -0.465 e. The van der Waals surface area contributed by atoms with Gasteiger partial charge in [0.1, 0.15) is 0 Å². The van der Waals surface area contributed by atoms with E-state index < -0.39 is 0 Å². The number of fused-ring (bicyclic) bond motifs is 3. The van der Waals surface area contributed by atoms with Crippen molar-refractivity contribution in [1.82, 2.24) is 9.97 Å². The van der Waals surface area contributed by atoms with E-state index in [9.17, 15) is 4.79 Å². The molecule has 3 aromatic rings. The molecule has 0 fully saturated rings. The fourth-order valence-corrected chi connectivity index (χ4v) is 2.54. The van der Waals surface area contributed by atoms with Gasteiger partial charge in [-0.15, -0.1) is 0 Å². The zero-order valence-corrected chi connectivity index (χ0v) is 11.4. The van der Waals surface area contributed by atoms with Crippen molar-refractivity contribution in [2.24, 2.45) is 0 Å². The van der Waals surface area contributed by atoms with Crippen LogP contribution in [0.5, 0.6) is 0 Å². The monoisotopic (exact) mass is 266 g/mol. The number of aromatic nitrogens is 2. The average molecular weight is 266 g/mol. The maximum Gasteiger partial charge on any atom is 0.338 e. The average Bonchev–Trinajstić information content (AvgIpc) is 2.84. The van der Waals surface area contributed by atoms with Crippen molar-refractivity contribution in [2.75, 3.05) is 7.11 Å². The third-order valence-electron chi connectivity index (χ3n) is 3.49. The number of rotatable bonds is 2. The summed E-state index contributed by atoms with van der Waals surface area (Å²) in [4.78, 5) is 20.7. The first kappa shape index (κ1) is 12.5. The lowest BCUT2D eigenvalue weighted by Gasteiger charge is -2.07. The Labute approximate surface area is 116 Å². The van der Waals surface area contributed by atoms with E-state index in [0.717, 1.165) is 33.7 Å². The fourth-order valence-electron chi connectivity index (χ4n) is 2.54. The molecule has 0 bridgehead atoms. The summed E-state index contributed by atoms with van der Waals surface area (Å²) in [5.41, 5.74) is 2.47. The minimum absolute atomic E-state index is 0.334. The first-order chi connectivity index (χ1) is 9.76. The van der Waals surface area contributed by atoms with Crippen LogP contribution in [0.2, 0.25) is 0 Å². The molecule has 3 rings (SSSR count). The van der Waals surface area contributed by atoms with E-state index >= 15 is 0 Å². The quantitative estimate of drug-likeness (QED) is 0.669. The molecule has 0 atom stereocenters. The summed E-state index contributed by atoms with van der Waals surface area (Å²) in [5, 5.41) is 2.75. The third-order valence-corrected chi connectivity index (χ3v) is 3.49. The first-order valence-electron chi connectivity index (χ1n) is 6.49. The Balaban J connectivity index is 2.58. The van der Waals surface area contributed by atoms with Crippen LogP contribution in [0.3, 0.4) is 0 Å². The molecular formula is C16H14N2O2. The molecule has 0 spiro atoms. The molecule has 4 nitrogen and oxygen atoms in total. The highest BCUT2D eigenvalue weighted by atomic mass is 16.5. The summed E-state index contributed by atoms with van der Waals surface area (Å²) < 4.78 is 4.92. The van der Waals surface area contributed by atoms with Gasteiger partial charge < -0.3 is 4.74 Å². The number of aryl methyl sites for hydroxylation is 1. The molecule has 0 aliphatic heterocycles. The Morgan fingerprint density at radius 3 is 2.90 bits per heavy atom. The number of carbonyl (C=O) groups is 1. The van der Waals surface area contributed by atoms with Crippen molar-refractivity contribution in [3.05, 3.63) is 47.9 Å². The zero-order chi connectivity index (χ0) is 14.1. The highest BCUT2D eigenvalue weighted by Crippen LogP contribution is 2.30. The Morgan fingerprint density at radius 1 is 1.30 bits per heavy atom. The highest BCUT2D eigenvalue weighted by Gasteiger charge is 2.16. The minimum atomic E-state index is -0.334. The second-order valence-corrected chi connectivity index (χ2v) is 4.56. The van der Waals surface area contributed by atoms with Gasteiger partial charge in [-0.05, 0) is 30.2 Å². The van der Waals surface area contributed by atoms with Gasteiger partial charge in [-0.3, -0.25) is 9.97 Å². The van der Waals surface area contributed by atoms with Crippen molar-refractivity contribution in [2.45, 2.75) is 13.3 Å². The summed E-state index contributed by atoms with van der Waals surface area (Å²) in [6.07, 6.45) is 6.06.